The van der Waals surface area contributed by atoms with E-state index in [1.807, 2.05) is 24.8 Å². The van der Waals surface area contributed by atoms with E-state index in [-0.39, 0.29) is 6.54 Å². The first-order chi connectivity index (χ1) is 14.2. The number of anilines is 1. The van der Waals surface area contributed by atoms with Gasteiger partial charge in [0.05, 0.1) is 16.4 Å². The smallest absolute Gasteiger partial charge is 0.339 e. The lowest BCUT2D eigenvalue weighted by Gasteiger charge is -2.40. The van der Waals surface area contributed by atoms with Gasteiger partial charge in [-0.25, -0.2) is 0 Å². The first-order valence-corrected chi connectivity index (χ1v) is 11.2. The molecular formula is C22H32ClF3N4. The number of alkyl halides is 3. The van der Waals surface area contributed by atoms with Crippen LogP contribution >= 0.6 is 11.6 Å². The molecule has 0 aromatic heterocycles. The van der Waals surface area contributed by atoms with E-state index in [0.29, 0.717) is 29.5 Å². The predicted molar refractivity (Wildman–Crippen MR) is 117 cm³/mol. The summed E-state index contributed by atoms with van der Waals surface area (Å²) < 4.78 is 43.6. The molecule has 1 aromatic carbocycles. The van der Waals surface area contributed by atoms with Crippen molar-refractivity contribution in [2.24, 2.45) is 0 Å². The van der Waals surface area contributed by atoms with Crippen molar-refractivity contribution in [1.29, 1.82) is 0 Å². The summed E-state index contributed by atoms with van der Waals surface area (Å²) in [7, 11) is 0. The van der Waals surface area contributed by atoms with Gasteiger partial charge in [0.25, 0.3) is 0 Å². The lowest BCUT2D eigenvalue weighted by Crippen LogP contribution is -2.56. The molecule has 1 atom stereocenters. The molecule has 0 aliphatic carbocycles. The first kappa shape index (κ1) is 23.2. The molecule has 4 nitrogen and oxygen atoms in total. The Kier molecular flexibility index (Phi) is 7.25. The quantitative estimate of drug-likeness (QED) is 0.619. The second-order valence-corrected chi connectivity index (χ2v) is 8.63. The maximum atomic E-state index is 14.5. The summed E-state index contributed by atoms with van der Waals surface area (Å²) in [6, 6.07) is 3.63. The largest absolute Gasteiger partial charge is 0.433 e. The second-order valence-electron chi connectivity index (χ2n) is 8.23. The Balaban J connectivity index is 2.16. The highest BCUT2D eigenvalue weighted by molar-refractivity contribution is 6.33. The Labute approximate surface area is 182 Å². The highest BCUT2D eigenvalue weighted by atomic mass is 35.5. The Morgan fingerprint density at radius 1 is 1.17 bits per heavy atom. The van der Waals surface area contributed by atoms with Gasteiger partial charge in [0.2, 0.25) is 0 Å². The minimum atomic E-state index is -4.49. The molecule has 2 heterocycles. The normalized spacial score (nSPS) is 19.8. The van der Waals surface area contributed by atoms with Crippen LogP contribution in [0.4, 0.5) is 18.9 Å². The van der Waals surface area contributed by atoms with Gasteiger partial charge < -0.3 is 9.80 Å². The highest BCUT2D eigenvalue weighted by Crippen LogP contribution is 2.46. The van der Waals surface area contributed by atoms with Gasteiger partial charge in [-0.15, -0.1) is 0 Å². The number of aryl methyl sites for hydroxylation is 2. The molecule has 168 valence electrons. The second kappa shape index (κ2) is 9.37. The number of benzene rings is 1. The molecule has 0 saturated carbocycles. The summed E-state index contributed by atoms with van der Waals surface area (Å²) in [5, 5.41) is 3.65. The Hall–Kier alpha value is -1.44. The van der Waals surface area contributed by atoms with Gasteiger partial charge in [-0.05, 0) is 63.4 Å². The molecule has 3 rings (SSSR count). The number of nitrogens with zero attached hydrogens (tertiary/aromatic N) is 3. The summed E-state index contributed by atoms with van der Waals surface area (Å²) in [4.78, 5) is 5.40. The van der Waals surface area contributed by atoms with Crippen molar-refractivity contribution < 1.29 is 13.2 Å². The number of nitrogens with one attached hydrogen (secondary N) is 1. The van der Waals surface area contributed by atoms with E-state index in [4.69, 9.17) is 11.6 Å². The van der Waals surface area contributed by atoms with Crippen LogP contribution in [0.2, 0.25) is 5.02 Å². The van der Waals surface area contributed by atoms with Gasteiger partial charge in [-0.3, -0.25) is 10.2 Å². The third-order valence-corrected chi connectivity index (χ3v) is 5.95. The zero-order chi connectivity index (χ0) is 22.1. The average Bonchev–Trinajstić information content (AvgIpc) is 2.96. The lowest BCUT2D eigenvalue weighted by molar-refractivity contribution is -0.0939. The van der Waals surface area contributed by atoms with Crippen molar-refractivity contribution in [2.45, 2.75) is 59.4 Å². The van der Waals surface area contributed by atoms with Gasteiger partial charge in [0, 0.05) is 19.6 Å². The minimum absolute atomic E-state index is 0.285. The van der Waals surface area contributed by atoms with E-state index in [1.54, 1.807) is 6.07 Å². The number of fused-ring (bicyclic) bond motifs is 1. The SMILES string of the molecule is CCCN(CCC)CC1=C(C(F)(F)F)N(c2c(C)cc(C)cc2Cl)C2NCCCN12. The van der Waals surface area contributed by atoms with Crippen LogP contribution < -0.4 is 10.2 Å². The Morgan fingerprint density at radius 3 is 2.40 bits per heavy atom. The van der Waals surface area contributed by atoms with Gasteiger partial charge in [-0.2, -0.15) is 13.2 Å². The van der Waals surface area contributed by atoms with Gasteiger partial charge in [-0.1, -0.05) is 31.5 Å². The van der Waals surface area contributed by atoms with E-state index in [9.17, 15) is 13.2 Å². The molecule has 1 unspecified atom stereocenters. The molecule has 2 aliphatic heterocycles. The number of rotatable bonds is 7. The molecule has 0 radical (unpaired) electrons. The van der Waals surface area contributed by atoms with Crippen molar-refractivity contribution in [3.63, 3.8) is 0 Å². The van der Waals surface area contributed by atoms with Crippen molar-refractivity contribution in [1.82, 2.24) is 15.1 Å². The lowest BCUT2D eigenvalue weighted by atomic mass is 10.1. The van der Waals surface area contributed by atoms with E-state index in [0.717, 1.165) is 43.5 Å². The van der Waals surface area contributed by atoms with Crippen molar-refractivity contribution in [3.8, 4) is 0 Å². The molecule has 30 heavy (non-hydrogen) atoms. The fourth-order valence-corrected chi connectivity index (χ4v) is 5.06. The monoisotopic (exact) mass is 444 g/mol. The fraction of sp³-hybridized carbons (Fsp3) is 0.636. The van der Waals surface area contributed by atoms with E-state index in [1.165, 1.54) is 4.90 Å². The molecule has 0 bridgehead atoms. The number of hydrogen-bond acceptors (Lipinski definition) is 4. The van der Waals surface area contributed by atoms with Crippen LogP contribution in [0.1, 0.15) is 44.2 Å². The van der Waals surface area contributed by atoms with Gasteiger partial charge in [0.15, 0.2) is 6.29 Å². The molecule has 1 aromatic rings. The number of hydrogen-bond donors (Lipinski definition) is 1. The highest BCUT2D eigenvalue weighted by Gasteiger charge is 2.52. The number of halogens is 4. The molecular weight excluding hydrogens is 413 g/mol. The molecule has 0 amide bonds. The fourth-order valence-electron chi connectivity index (χ4n) is 4.65. The zero-order valence-electron chi connectivity index (χ0n) is 18.2. The van der Waals surface area contributed by atoms with E-state index >= 15 is 0 Å². The standard InChI is InChI=1S/C22H32ClF3N4/c1-5-9-28(10-6-2)14-18-20(22(24,25)26)30(21-27-8-7-11-29(18)21)19-16(4)12-15(3)13-17(19)23/h12-13,21,27H,5-11,14H2,1-4H3. The van der Waals surface area contributed by atoms with Crippen LogP contribution in [0.3, 0.4) is 0 Å². The zero-order valence-corrected chi connectivity index (χ0v) is 19.0. The van der Waals surface area contributed by atoms with Crippen LogP contribution in [0.25, 0.3) is 0 Å². The van der Waals surface area contributed by atoms with Crippen LogP contribution in [0, 0.1) is 13.8 Å². The van der Waals surface area contributed by atoms with E-state index < -0.39 is 18.2 Å². The topological polar surface area (TPSA) is 21.8 Å². The number of allylic oxidation sites excluding steroid dienone is 1. The van der Waals surface area contributed by atoms with Crippen molar-refractivity contribution in [3.05, 3.63) is 39.7 Å². The van der Waals surface area contributed by atoms with Crippen LogP contribution in [0.5, 0.6) is 0 Å². The summed E-state index contributed by atoms with van der Waals surface area (Å²) in [5.41, 5.74) is 1.87. The van der Waals surface area contributed by atoms with Gasteiger partial charge in [0.1, 0.15) is 5.70 Å². The summed E-state index contributed by atoms with van der Waals surface area (Å²) in [6.07, 6.45) is -2.44. The third-order valence-electron chi connectivity index (χ3n) is 5.66. The van der Waals surface area contributed by atoms with Crippen molar-refractivity contribution in [2.75, 3.05) is 37.6 Å². The molecule has 0 spiro atoms. The molecule has 1 N–H and O–H groups in total. The molecule has 1 saturated heterocycles. The molecule has 8 heteroatoms. The summed E-state index contributed by atoms with van der Waals surface area (Å²) >= 11 is 6.53. The summed E-state index contributed by atoms with van der Waals surface area (Å²) in [6.45, 7) is 11.0. The van der Waals surface area contributed by atoms with Crippen LogP contribution in [0.15, 0.2) is 23.5 Å². The van der Waals surface area contributed by atoms with Crippen LogP contribution in [-0.4, -0.2) is 55.0 Å². The van der Waals surface area contributed by atoms with Crippen molar-refractivity contribution >= 4 is 17.3 Å². The minimum Gasteiger partial charge on any atom is -0.339 e. The van der Waals surface area contributed by atoms with E-state index in [2.05, 4.69) is 24.1 Å². The Morgan fingerprint density at radius 2 is 1.83 bits per heavy atom. The first-order valence-electron chi connectivity index (χ1n) is 10.8. The average molecular weight is 445 g/mol. The molecule has 2 aliphatic rings. The van der Waals surface area contributed by atoms with Crippen LogP contribution in [-0.2, 0) is 0 Å². The van der Waals surface area contributed by atoms with Gasteiger partial charge >= 0.3 is 6.18 Å². The maximum absolute atomic E-state index is 14.5. The Bertz CT molecular complexity index is 764. The predicted octanol–water partition coefficient (Wildman–Crippen LogP) is 5.25. The third kappa shape index (κ3) is 4.58. The summed E-state index contributed by atoms with van der Waals surface area (Å²) in [5.74, 6) is 0. The maximum Gasteiger partial charge on any atom is 0.433 e. The molecule has 1 fully saturated rings.